The molecule has 0 spiro atoms. The second-order valence-electron chi connectivity index (χ2n) is 4.06. The van der Waals surface area contributed by atoms with Crippen LogP contribution in [0.4, 0.5) is 23.2 Å². The second-order valence-corrected chi connectivity index (χ2v) is 4.06. The van der Waals surface area contributed by atoms with Crippen LogP contribution in [0.1, 0.15) is 5.56 Å². The molecule has 6 heteroatoms. The van der Waals surface area contributed by atoms with Crippen molar-refractivity contribution < 1.29 is 22.3 Å². The minimum atomic E-state index is -4.71. The highest BCUT2D eigenvalue weighted by Gasteiger charge is 2.31. The molecule has 0 saturated carbocycles. The minimum absolute atomic E-state index is 0.290. The number of nitrogens with one attached hydrogen (secondary N) is 1. The summed E-state index contributed by atoms with van der Waals surface area (Å²) in [6.45, 7) is 0.371. The SMILES string of the molecule is Fc1ccc(CNc2cccc(OC(F)(F)F)c2)cc1. The molecule has 0 heterocycles. The zero-order valence-corrected chi connectivity index (χ0v) is 10.2. The average molecular weight is 285 g/mol. The van der Waals surface area contributed by atoms with Crippen molar-refractivity contribution in [2.75, 3.05) is 5.32 Å². The van der Waals surface area contributed by atoms with E-state index in [1.807, 2.05) is 0 Å². The van der Waals surface area contributed by atoms with Crippen LogP contribution in [-0.4, -0.2) is 6.36 Å². The fourth-order valence-corrected chi connectivity index (χ4v) is 1.61. The van der Waals surface area contributed by atoms with E-state index in [1.165, 1.54) is 30.3 Å². The Bertz CT molecular complexity index is 566. The van der Waals surface area contributed by atoms with Crippen molar-refractivity contribution in [3.05, 3.63) is 59.9 Å². The Morgan fingerprint density at radius 1 is 1.00 bits per heavy atom. The van der Waals surface area contributed by atoms with Gasteiger partial charge in [-0.15, -0.1) is 13.2 Å². The van der Waals surface area contributed by atoms with Gasteiger partial charge in [0, 0.05) is 18.3 Å². The van der Waals surface area contributed by atoms with Gasteiger partial charge in [-0.05, 0) is 29.8 Å². The Labute approximate surface area is 113 Å². The summed E-state index contributed by atoms with van der Waals surface area (Å²) in [5.74, 6) is -0.629. The smallest absolute Gasteiger partial charge is 0.406 e. The molecule has 2 aromatic carbocycles. The standard InChI is InChI=1S/C14H11F4NO/c15-11-6-4-10(5-7-11)9-19-12-2-1-3-13(8-12)20-14(16,17)18/h1-8,19H,9H2. The van der Waals surface area contributed by atoms with E-state index in [-0.39, 0.29) is 11.6 Å². The molecule has 2 rings (SSSR count). The van der Waals surface area contributed by atoms with Crippen molar-refractivity contribution in [3.63, 3.8) is 0 Å². The highest BCUT2D eigenvalue weighted by atomic mass is 19.4. The fourth-order valence-electron chi connectivity index (χ4n) is 1.61. The molecule has 0 unspecified atom stereocenters. The van der Waals surface area contributed by atoms with Crippen LogP contribution in [0.5, 0.6) is 5.75 Å². The van der Waals surface area contributed by atoms with E-state index in [9.17, 15) is 17.6 Å². The van der Waals surface area contributed by atoms with E-state index >= 15 is 0 Å². The highest BCUT2D eigenvalue weighted by molar-refractivity contribution is 5.48. The lowest BCUT2D eigenvalue weighted by atomic mass is 10.2. The number of anilines is 1. The maximum absolute atomic E-state index is 12.7. The van der Waals surface area contributed by atoms with Crippen LogP contribution in [0.15, 0.2) is 48.5 Å². The zero-order chi connectivity index (χ0) is 14.6. The van der Waals surface area contributed by atoms with E-state index in [4.69, 9.17) is 0 Å². The van der Waals surface area contributed by atoms with Gasteiger partial charge in [0.2, 0.25) is 0 Å². The largest absolute Gasteiger partial charge is 0.573 e. The Balaban J connectivity index is 1.99. The number of hydrogen-bond acceptors (Lipinski definition) is 2. The summed E-state index contributed by atoms with van der Waals surface area (Å²) in [5.41, 5.74) is 1.30. The van der Waals surface area contributed by atoms with E-state index < -0.39 is 6.36 Å². The van der Waals surface area contributed by atoms with Crippen molar-refractivity contribution in [1.82, 2.24) is 0 Å². The van der Waals surface area contributed by atoms with Crippen LogP contribution in [0, 0.1) is 5.82 Å². The van der Waals surface area contributed by atoms with Crippen LogP contribution in [0.25, 0.3) is 0 Å². The van der Waals surface area contributed by atoms with Crippen molar-refractivity contribution in [3.8, 4) is 5.75 Å². The molecule has 0 aliphatic carbocycles. The molecule has 0 bridgehead atoms. The molecule has 2 aromatic rings. The van der Waals surface area contributed by atoms with E-state index in [0.717, 1.165) is 5.56 Å². The maximum atomic E-state index is 12.7. The van der Waals surface area contributed by atoms with Crippen LogP contribution in [-0.2, 0) is 6.54 Å². The van der Waals surface area contributed by atoms with Crippen molar-refractivity contribution in [1.29, 1.82) is 0 Å². The first kappa shape index (κ1) is 14.2. The maximum Gasteiger partial charge on any atom is 0.573 e. The minimum Gasteiger partial charge on any atom is -0.406 e. The predicted octanol–water partition coefficient (Wildman–Crippen LogP) is 4.34. The van der Waals surface area contributed by atoms with Gasteiger partial charge in [0.1, 0.15) is 11.6 Å². The molecule has 0 amide bonds. The van der Waals surface area contributed by atoms with Gasteiger partial charge in [0.05, 0.1) is 0 Å². The third-order valence-electron chi connectivity index (χ3n) is 2.48. The zero-order valence-electron chi connectivity index (χ0n) is 10.2. The molecule has 0 fully saturated rings. The Morgan fingerprint density at radius 3 is 2.35 bits per heavy atom. The second kappa shape index (κ2) is 5.81. The number of benzene rings is 2. The van der Waals surface area contributed by atoms with Gasteiger partial charge in [-0.2, -0.15) is 0 Å². The molecule has 0 aromatic heterocycles. The molecule has 0 aliphatic rings. The lowest BCUT2D eigenvalue weighted by Crippen LogP contribution is -2.17. The van der Waals surface area contributed by atoms with E-state index in [2.05, 4.69) is 10.1 Å². The number of alkyl halides is 3. The molecular formula is C14H11F4NO. The summed E-state index contributed by atoms with van der Waals surface area (Å²) < 4.78 is 52.8. The highest BCUT2D eigenvalue weighted by Crippen LogP contribution is 2.25. The fraction of sp³-hybridized carbons (Fsp3) is 0.143. The molecule has 2 nitrogen and oxygen atoms in total. The van der Waals surface area contributed by atoms with Crippen LogP contribution < -0.4 is 10.1 Å². The van der Waals surface area contributed by atoms with E-state index in [0.29, 0.717) is 12.2 Å². The van der Waals surface area contributed by atoms with Gasteiger partial charge in [-0.1, -0.05) is 18.2 Å². The first-order valence-corrected chi connectivity index (χ1v) is 5.76. The van der Waals surface area contributed by atoms with Crippen LogP contribution >= 0.6 is 0 Å². The van der Waals surface area contributed by atoms with Gasteiger partial charge >= 0.3 is 6.36 Å². The molecular weight excluding hydrogens is 274 g/mol. The molecule has 0 radical (unpaired) electrons. The number of ether oxygens (including phenoxy) is 1. The predicted molar refractivity (Wildman–Crippen MR) is 66.9 cm³/mol. The molecule has 0 saturated heterocycles. The molecule has 1 N–H and O–H groups in total. The molecule has 20 heavy (non-hydrogen) atoms. The molecule has 0 atom stereocenters. The van der Waals surface area contributed by atoms with Gasteiger partial charge in [-0.25, -0.2) is 4.39 Å². The monoisotopic (exact) mass is 285 g/mol. The number of rotatable bonds is 4. The average Bonchev–Trinajstić information content (AvgIpc) is 2.36. The summed E-state index contributed by atoms with van der Waals surface area (Å²) >= 11 is 0. The summed E-state index contributed by atoms with van der Waals surface area (Å²) in [7, 11) is 0. The normalized spacial score (nSPS) is 11.2. The topological polar surface area (TPSA) is 21.3 Å². The molecule has 0 aliphatic heterocycles. The molecule has 106 valence electrons. The summed E-state index contributed by atoms with van der Waals surface area (Å²) in [6, 6.07) is 11.4. The van der Waals surface area contributed by atoms with Crippen molar-refractivity contribution >= 4 is 5.69 Å². The lowest BCUT2D eigenvalue weighted by Gasteiger charge is -2.11. The van der Waals surface area contributed by atoms with Crippen molar-refractivity contribution in [2.45, 2.75) is 12.9 Å². The Morgan fingerprint density at radius 2 is 1.70 bits per heavy atom. The van der Waals surface area contributed by atoms with Gasteiger partial charge in [0.25, 0.3) is 0 Å². The third kappa shape index (κ3) is 4.46. The van der Waals surface area contributed by atoms with Crippen molar-refractivity contribution in [2.24, 2.45) is 0 Å². The van der Waals surface area contributed by atoms with Crippen LogP contribution in [0.3, 0.4) is 0 Å². The van der Waals surface area contributed by atoms with Gasteiger partial charge in [-0.3, -0.25) is 0 Å². The summed E-state index contributed by atoms with van der Waals surface area (Å²) in [4.78, 5) is 0. The van der Waals surface area contributed by atoms with Gasteiger partial charge in [0.15, 0.2) is 0 Å². The van der Waals surface area contributed by atoms with E-state index in [1.54, 1.807) is 18.2 Å². The lowest BCUT2D eigenvalue weighted by molar-refractivity contribution is -0.274. The summed E-state index contributed by atoms with van der Waals surface area (Å²) in [6.07, 6.45) is -4.71. The first-order chi connectivity index (χ1) is 9.42. The Kier molecular flexibility index (Phi) is 4.12. The number of hydrogen-bond donors (Lipinski definition) is 1. The van der Waals surface area contributed by atoms with Crippen LogP contribution in [0.2, 0.25) is 0 Å². The van der Waals surface area contributed by atoms with Gasteiger partial charge < -0.3 is 10.1 Å². The first-order valence-electron chi connectivity index (χ1n) is 5.76. The third-order valence-corrected chi connectivity index (χ3v) is 2.48. The number of halogens is 4. The Hall–Kier alpha value is -2.24. The summed E-state index contributed by atoms with van der Waals surface area (Å²) in [5, 5.41) is 2.94. The quantitative estimate of drug-likeness (QED) is 0.844.